The Morgan fingerprint density at radius 1 is 1.00 bits per heavy atom. The van der Waals surface area contributed by atoms with Crippen LogP contribution in [0.3, 0.4) is 0 Å². The predicted molar refractivity (Wildman–Crippen MR) is 67.7 cm³/mol. The molecule has 1 aromatic carbocycles. The predicted octanol–water partition coefficient (Wildman–Crippen LogP) is 3.49. The van der Waals surface area contributed by atoms with Gasteiger partial charge in [0.05, 0.1) is 11.4 Å². The molecule has 3 nitrogen and oxygen atoms in total. The van der Waals surface area contributed by atoms with Gasteiger partial charge in [-0.15, -0.1) is 0 Å². The molecule has 0 saturated heterocycles. The van der Waals surface area contributed by atoms with Crippen molar-refractivity contribution < 1.29 is 5.21 Å². The number of hydrogen-bond acceptors (Lipinski definition) is 2. The van der Waals surface area contributed by atoms with Gasteiger partial charge in [0, 0.05) is 12.4 Å². The van der Waals surface area contributed by atoms with Crippen molar-refractivity contribution in [2.24, 2.45) is 0 Å². The third kappa shape index (κ3) is 2.29. The van der Waals surface area contributed by atoms with Crippen LogP contribution in [0.15, 0.2) is 36.7 Å². The van der Waals surface area contributed by atoms with Crippen LogP contribution < -0.4 is 5.06 Å². The summed E-state index contributed by atoms with van der Waals surface area (Å²) in [7, 11) is 0. The van der Waals surface area contributed by atoms with Crippen LogP contribution in [-0.2, 0) is 5.21 Å². The molecule has 87 valence electrons. The van der Waals surface area contributed by atoms with E-state index in [4.69, 9.17) is 0 Å². The zero-order valence-corrected chi connectivity index (χ0v) is 10.3. The van der Waals surface area contributed by atoms with Crippen LogP contribution in [0.5, 0.6) is 0 Å². The van der Waals surface area contributed by atoms with Crippen LogP contribution >= 0.6 is 0 Å². The zero-order chi connectivity index (χ0) is 12.4. The van der Waals surface area contributed by atoms with Crippen molar-refractivity contribution in [2.45, 2.75) is 20.8 Å². The number of nitrogens with zero attached hydrogens (tertiary/aromatic N) is 2. The van der Waals surface area contributed by atoms with E-state index in [-0.39, 0.29) is 0 Å². The average molecular weight is 227 g/mol. The SMILES string of the molecule is Cc1cc(C)c(N([O])c2ccncc2)c(C)c1. The van der Waals surface area contributed by atoms with Crippen molar-refractivity contribution in [3.05, 3.63) is 53.3 Å². The minimum absolute atomic E-state index is 0.607. The average Bonchev–Trinajstić information content (AvgIpc) is 2.28. The van der Waals surface area contributed by atoms with Gasteiger partial charge in [0.2, 0.25) is 0 Å². The van der Waals surface area contributed by atoms with E-state index >= 15 is 0 Å². The summed E-state index contributed by atoms with van der Waals surface area (Å²) in [5.74, 6) is 0. The molecule has 0 N–H and O–H groups in total. The van der Waals surface area contributed by atoms with Gasteiger partial charge in [-0.05, 0) is 44.0 Å². The van der Waals surface area contributed by atoms with E-state index < -0.39 is 0 Å². The highest BCUT2D eigenvalue weighted by atomic mass is 16.5. The van der Waals surface area contributed by atoms with Crippen LogP contribution in [0.2, 0.25) is 0 Å². The van der Waals surface area contributed by atoms with Gasteiger partial charge in [0.1, 0.15) is 0 Å². The number of benzene rings is 1. The lowest BCUT2D eigenvalue weighted by Crippen LogP contribution is -2.11. The number of aryl methyl sites for hydroxylation is 3. The molecule has 0 unspecified atom stereocenters. The van der Waals surface area contributed by atoms with Gasteiger partial charge in [-0.2, -0.15) is 5.06 Å². The minimum Gasteiger partial charge on any atom is -0.265 e. The van der Waals surface area contributed by atoms with E-state index in [0.717, 1.165) is 21.9 Å². The van der Waals surface area contributed by atoms with Gasteiger partial charge in [0.15, 0.2) is 0 Å². The first-order valence-corrected chi connectivity index (χ1v) is 5.54. The zero-order valence-electron chi connectivity index (χ0n) is 10.3. The van der Waals surface area contributed by atoms with Crippen LogP contribution in [0, 0.1) is 20.8 Å². The molecule has 0 aliphatic carbocycles. The lowest BCUT2D eigenvalue weighted by molar-refractivity contribution is 0.195. The summed E-state index contributed by atoms with van der Waals surface area (Å²) in [6.45, 7) is 5.95. The molecular formula is C14H15N2O. The minimum atomic E-state index is 0.607. The molecule has 17 heavy (non-hydrogen) atoms. The summed E-state index contributed by atoms with van der Waals surface area (Å²) in [6, 6.07) is 7.47. The van der Waals surface area contributed by atoms with Gasteiger partial charge in [0.25, 0.3) is 0 Å². The van der Waals surface area contributed by atoms with Crippen LogP contribution in [0.1, 0.15) is 16.7 Å². The summed E-state index contributed by atoms with van der Waals surface area (Å²) >= 11 is 0. The van der Waals surface area contributed by atoms with Crippen molar-refractivity contribution in [3.8, 4) is 0 Å². The number of pyridine rings is 1. The highest BCUT2D eigenvalue weighted by Gasteiger charge is 2.13. The maximum atomic E-state index is 12.3. The van der Waals surface area contributed by atoms with E-state index in [9.17, 15) is 5.21 Å². The molecule has 0 bridgehead atoms. The van der Waals surface area contributed by atoms with Gasteiger partial charge >= 0.3 is 0 Å². The summed E-state index contributed by atoms with van der Waals surface area (Å²) < 4.78 is 0. The van der Waals surface area contributed by atoms with Gasteiger partial charge in [-0.3, -0.25) is 4.98 Å². The first kappa shape index (κ1) is 11.6. The highest BCUT2D eigenvalue weighted by Crippen LogP contribution is 2.30. The fourth-order valence-corrected chi connectivity index (χ4v) is 2.10. The Bertz CT molecular complexity index is 500. The van der Waals surface area contributed by atoms with Gasteiger partial charge < -0.3 is 0 Å². The molecule has 0 aliphatic rings. The largest absolute Gasteiger partial charge is 0.265 e. The molecule has 1 heterocycles. The molecule has 0 spiro atoms. The van der Waals surface area contributed by atoms with E-state index in [1.807, 2.05) is 32.9 Å². The maximum Gasteiger partial charge on any atom is 0.0785 e. The second-order valence-corrected chi connectivity index (χ2v) is 4.25. The van der Waals surface area contributed by atoms with Gasteiger partial charge in [-0.1, -0.05) is 22.9 Å². The first-order chi connectivity index (χ1) is 8.09. The maximum absolute atomic E-state index is 12.3. The molecule has 2 aromatic rings. The molecule has 0 amide bonds. The normalized spacial score (nSPS) is 10.4. The van der Waals surface area contributed by atoms with E-state index in [0.29, 0.717) is 5.69 Å². The van der Waals surface area contributed by atoms with Gasteiger partial charge in [-0.25, -0.2) is 0 Å². The van der Waals surface area contributed by atoms with Crippen molar-refractivity contribution in [1.29, 1.82) is 0 Å². The molecule has 0 saturated carbocycles. The Morgan fingerprint density at radius 2 is 1.53 bits per heavy atom. The Hall–Kier alpha value is -1.87. The number of anilines is 2. The molecule has 0 fully saturated rings. The Labute approximate surface area is 101 Å². The highest BCUT2D eigenvalue weighted by molar-refractivity contribution is 5.67. The summed E-state index contributed by atoms with van der Waals surface area (Å²) in [4.78, 5) is 3.91. The Kier molecular flexibility index (Phi) is 3.11. The fourth-order valence-electron chi connectivity index (χ4n) is 2.10. The number of rotatable bonds is 2. The topological polar surface area (TPSA) is 36.0 Å². The number of aromatic nitrogens is 1. The van der Waals surface area contributed by atoms with Crippen LogP contribution in [0.25, 0.3) is 0 Å². The standard InChI is InChI=1S/C14H15N2O/c1-10-8-11(2)14(12(3)9-10)16(17)13-4-6-15-7-5-13/h4-9H,1-3H3. The van der Waals surface area contributed by atoms with Crippen molar-refractivity contribution in [2.75, 3.05) is 5.06 Å². The molecule has 2 rings (SSSR count). The lowest BCUT2D eigenvalue weighted by Gasteiger charge is -2.19. The van der Waals surface area contributed by atoms with Crippen molar-refractivity contribution in [1.82, 2.24) is 4.98 Å². The van der Waals surface area contributed by atoms with Crippen molar-refractivity contribution >= 4 is 11.4 Å². The smallest absolute Gasteiger partial charge is 0.0785 e. The van der Waals surface area contributed by atoms with Crippen LogP contribution in [0.4, 0.5) is 11.4 Å². The second-order valence-electron chi connectivity index (χ2n) is 4.25. The van der Waals surface area contributed by atoms with E-state index in [2.05, 4.69) is 4.98 Å². The van der Waals surface area contributed by atoms with Crippen molar-refractivity contribution in [3.63, 3.8) is 0 Å². The quantitative estimate of drug-likeness (QED) is 0.736. The molecule has 1 aromatic heterocycles. The lowest BCUT2D eigenvalue weighted by atomic mass is 10.0. The summed E-state index contributed by atoms with van der Waals surface area (Å²) in [5, 5.41) is 13.3. The third-order valence-corrected chi connectivity index (χ3v) is 2.74. The second kappa shape index (κ2) is 4.55. The molecule has 0 atom stereocenters. The monoisotopic (exact) mass is 227 g/mol. The van der Waals surface area contributed by atoms with E-state index in [1.165, 1.54) is 5.56 Å². The molecular weight excluding hydrogens is 212 g/mol. The molecule has 3 heteroatoms. The Morgan fingerprint density at radius 3 is 2.06 bits per heavy atom. The van der Waals surface area contributed by atoms with Crippen LogP contribution in [-0.4, -0.2) is 4.98 Å². The first-order valence-electron chi connectivity index (χ1n) is 5.54. The number of hydrogen-bond donors (Lipinski definition) is 0. The summed E-state index contributed by atoms with van der Waals surface area (Å²) in [6.07, 6.45) is 3.25. The van der Waals surface area contributed by atoms with E-state index in [1.54, 1.807) is 24.5 Å². The summed E-state index contributed by atoms with van der Waals surface area (Å²) in [5.41, 5.74) is 4.49. The fraction of sp³-hybridized carbons (Fsp3) is 0.214. The Balaban J connectivity index is 2.48. The molecule has 0 aliphatic heterocycles. The molecule has 1 radical (unpaired) electrons. The third-order valence-electron chi connectivity index (χ3n) is 2.74.